The topological polar surface area (TPSA) is 82.6 Å². The number of aromatic nitrogens is 1. The van der Waals surface area contributed by atoms with Crippen LogP contribution in [0.1, 0.15) is 4.88 Å². The Morgan fingerprint density at radius 2 is 2.24 bits per heavy atom. The van der Waals surface area contributed by atoms with E-state index in [1.807, 2.05) is 0 Å². The van der Waals surface area contributed by atoms with Crippen LogP contribution in [0.3, 0.4) is 0 Å². The van der Waals surface area contributed by atoms with E-state index in [4.69, 9.17) is 0 Å². The molecule has 0 saturated carbocycles. The van der Waals surface area contributed by atoms with E-state index in [2.05, 4.69) is 15.2 Å². The third-order valence-electron chi connectivity index (χ3n) is 3.52. The number of carbonyl (C=O) groups excluding carboxylic acids is 1. The van der Waals surface area contributed by atoms with Crippen LogP contribution in [0.15, 0.2) is 11.7 Å². The zero-order valence-corrected chi connectivity index (χ0v) is 13.8. The maximum Gasteiger partial charge on any atom is 0.225 e. The Kier molecular flexibility index (Phi) is 5.31. The number of carbonyl (C=O) groups is 1. The number of hydrogen-bond donors (Lipinski definition) is 1. The molecule has 1 fully saturated rings. The van der Waals surface area contributed by atoms with E-state index < -0.39 is 10.0 Å². The van der Waals surface area contributed by atoms with Gasteiger partial charge in [-0.1, -0.05) is 0 Å². The average molecular weight is 332 g/mol. The molecule has 1 amide bonds. The van der Waals surface area contributed by atoms with Crippen LogP contribution in [-0.4, -0.2) is 68.0 Å². The molecule has 0 spiro atoms. The summed E-state index contributed by atoms with van der Waals surface area (Å²) < 4.78 is 25.0. The molecule has 2 heterocycles. The highest BCUT2D eigenvalue weighted by molar-refractivity contribution is 7.88. The van der Waals surface area contributed by atoms with Gasteiger partial charge in [0.1, 0.15) is 0 Å². The van der Waals surface area contributed by atoms with Gasteiger partial charge in [0.15, 0.2) is 0 Å². The smallest absolute Gasteiger partial charge is 0.225 e. The maximum absolute atomic E-state index is 12.0. The van der Waals surface area contributed by atoms with Crippen LogP contribution in [0.5, 0.6) is 0 Å². The fourth-order valence-corrected chi connectivity index (χ4v) is 3.91. The summed E-state index contributed by atoms with van der Waals surface area (Å²) in [7, 11) is -1.72. The van der Waals surface area contributed by atoms with Crippen molar-refractivity contribution in [3.63, 3.8) is 0 Å². The van der Waals surface area contributed by atoms with Gasteiger partial charge in [0, 0.05) is 50.8 Å². The lowest BCUT2D eigenvalue weighted by atomic mass is 10.1. The van der Waals surface area contributed by atoms with E-state index in [1.54, 1.807) is 30.1 Å². The lowest BCUT2D eigenvalue weighted by Crippen LogP contribution is -2.41. The Morgan fingerprint density at radius 1 is 1.48 bits per heavy atom. The second-order valence-corrected chi connectivity index (χ2v) is 8.09. The molecule has 1 aromatic rings. The van der Waals surface area contributed by atoms with Gasteiger partial charge in [0.05, 0.1) is 17.7 Å². The molecule has 1 saturated heterocycles. The highest BCUT2D eigenvalue weighted by Gasteiger charge is 2.31. The lowest BCUT2D eigenvalue weighted by Gasteiger charge is -2.22. The molecule has 0 bridgehead atoms. The minimum Gasteiger partial charge on any atom is -0.359 e. The Balaban J connectivity index is 2.13. The van der Waals surface area contributed by atoms with E-state index in [0.29, 0.717) is 26.2 Å². The van der Waals surface area contributed by atoms with Crippen LogP contribution in [0.4, 0.5) is 0 Å². The maximum atomic E-state index is 12.0. The molecule has 0 aliphatic carbocycles. The van der Waals surface area contributed by atoms with Crippen molar-refractivity contribution in [3.8, 4) is 0 Å². The molecule has 1 atom stereocenters. The predicted octanol–water partition coefficient (Wildman–Crippen LogP) is -0.417. The number of rotatable bonds is 4. The van der Waals surface area contributed by atoms with Crippen LogP contribution >= 0.6 is 11.3 Å². The zero-order chi connectivity index (χ0) is 15.5. The van der Waals surface area contributed by atoms with Gasteiger partial charge < -0.3 is 5.32 Å². The molecule has 2 rings (SSSR count). The van der Waals surface area contributed by atoms with Crippen LogP contribution in [0.2, 0.25) is 0 Å². The largest absolute Gasteiger partial charge is 0.359 e. The summed E-state index contributed by atoms with van der Waals surface area (Å²) in [5.41, 5.74) is 1.77. The molecular weight excluding hydrogens is 312 g/mol. The quantitative estimate of drug-likeness (QED) is 0.810. The third-order valence-corrected chi connectivity index (χ3v) is 5.55. The first kappa shape index (κ1) is 16.3. The van der Waals surface area contributed by atoms with E-state index in [-0.39, 0.29) is 18.4 Å². The van der Waals surface area contributed by atoms with Crippen molar-refractivity contribution in [2.45, 2.75) is 6.54 Å². The van der Waals surface area contributed by atoms with Gasteiger partial charge in [-0.3, -0.25) is 14.7 Å². The molecule has 21 heavy (non-hydrogen) atoms. The van der Waals surface area contributed by atoms with Gasteiger partial charge in [0.2, 0.25) is 15.9 Å². The summed E-state index contributed by atoms with van der Waals surface area (Å²) in [5, 5.41) is 2.62. The molecule has 118 valence electrons. The van der Waals surface area contributed by atoms with Crippen molar-refractivity contribution in [3.05, 3.63) is 16.6 Å². The van der Waals surface area contributed by atoms with Crippen molar-refractivity contribution in [2.75, 3.05) is 39.5 Å². The highest BCUT2D eigenvalue weighted by Crippen LogP contribution is 2.16. The summed E-state index contributed by atoms with van der Waals surface area (Å²) in [5.74, 6) is -0.486. The molecule has 7 nitrogen and oxygen atoms in total. The number of nitrogens with zero attached hydrogens (tertiary/aromatic N) is 3. The SMILES string of the molecule is CNC(=O)[C@H]1CN(Cc2cncs2)CCN(S(C)(=O)=O)C1. The van der Waals surface area contributed by atoms with Gasteiger partial charge in [-0.25, -0.2) is 12.7 Å². The number of amides is 1. The van der Waals surface area contributed by atoms with Gasteiger partial charge in [0.25, 0.3) is 0 Å². The zero-order valence-electron chi connectivity index (χ0n) is 12.2. The fraction of sp³-hybridized carbons (Fsp3) is 0.667. The van der Waals surface area contributed by atoms with Gasteiger partial charge in [-0.15, -0.1) is 11.3 Å². The molecule has 0 radical (unpaired) electrons. The van der Waals surface area contributed by atoms with Crippen molar-refractivity contribution in [1.29, 1.82) is 0 Å². The fourth-order valence-electron chi connectivity index (χ4n) is 2.41. The van der Waals surface area contributed by atoms with E-state index >= 15 is 0 Å². The normalized spacial score (nSPS) is 21.9. The molecule has 1 aliphatic heterocycles. The summed E-state index contributed by atoms with van der Waals surface area (Å²) in [6, 6.07) is 0. The van der Waals surface area contributed by atoms with Crippen molar-refractivity contribution in [1.82, 2.24) is 19.5 Å². The van der Waals surface area contributed by atoms with Crippen molar-refractivity contribution in [2.24, 2.45) is 5.92 Å². The predicted molar refractivity (Wildman–Crippen MR) is 81.4 cm³/mol. The van der Waals surface area contributed by atoms with E-state index in [9.17, 15) is 13.2 Å². The number of thiazole rings is 1. The molecular formula is C12H20N4O3S2. The lowest BCUT2D eigenvalue weighted by molar-refractivity contribution is -0.125. The Labute approximate surface area is 129 Å². The van der Waals surface area contributed by atoms with Crippen LogP contribution < -0.4 is 5.32 Å². The van der Waals surface area contributed by atoms with Crippen LogP contribution in [-0.2, 0) is 21.4 Å². The molecule has 0 unspecified atom stereocenters. The first-order chi connectivity index (χ1) is 9.90. The Morgan fingerprint density at radius 3 is 2.81 bits per heavy atom. The Bertz CT molecular complexity index is 573. The number of nitrogens with one attached hydrogen (secondary N) is 1. The average Bonchev–Trinajstić information content (AvgIpc) is 2.82. The van der Waals surface area contributed by atoms with Gasteiger partial charge >= 0.3 is 0 Å². The number of hydrogen-bond acceptors (Lipinski definition) is 6. The van der Waals surface area contributed by atoms with Crippen molar-refractivity contribution < 1.29 is 13.2 Å². The van der Waals surface area contributed by atoms with Gasteiger partial charge in [-0.2, -0.15) is 0 Å². The van der Waals surface area contributed by atoms with Crippen LogP contribution in [0.25, 0.3) is 0 Å². The third kappa shape index (κ3) is 4.47. The van der Waals surface area contributed by atoms with E-state index in [0.717, 1.165) is 4.88 Å². The first-order valence-electron chi connectivity index (χ1n) is 6.66. The minimum absolute atomic E-state index is 0.125. The molecule has 0 aromatic carbocycles. The Hall–Kier alpha value is -1.03. The summed E-state index contributed by atoms with van der Waals surface area (Å²) in [4.78, 5) is 19.2. The monoisotopic (exact) mass is 332 g/mol. The minimum atomic E-state index is -3.29. The number of sulfonamides is 1. The molecule has 1 aromatic heterocycles. The summed E-state index contributed by atoms with van der Waals surface area (Å²) >= 11 is 1.56. The molecule has 9 heteroatoms. The molecule has 1 N–H and O–H groups in total. The van der Waals surface area contributed by atoms with Gasteiger partial charge in [-0.05, 0) is 0 Å². The first-order valence-corrected chi connectivity index (χ1v) is 9.39. The molecule has 1 aliphatic rings. The second kappa shape index (κ2) is 6.82. The van der Waals surface area contributed by atoms with E-state index in [1.165, 1.54) is 10.6 Å². The second-order valence-electron chi connectivity index (χ2n) is 5.14. The highest BCUT2D eigenvalue weighted by atomic mass is 32.2. The summed E-state index contributed by atoms with van der Waals surface area (Å²) in [6.07, 6.45) is 2.99. The van der Waals surface area contributed by atoms with Crippen molar-refractivity contribution >= 4 is 27.3 Å². The standard InChI is InChI=1S/C12H20N4O3S2/c1-13-12(17)10-6-15(8-11-5-14-9-20-11)3-4-16(7-10)21(2,18)19/h5,9-10H,3-4,6-8H2,1-2H3,(H,13,17)/t10-/m0/s1. The summed E-state index contributed by atoms with van der Waals surface area (Å²) in [6.45, 7) is 2.49. The van der Waals surface area contributed by atoms with Crippen LogP contribution in [0, 0.1) is 5.92 Å².